The number of nitrogens with zero attached hydrogens (tertiary/aromatic N) is 4. The molecule has 164 valence electrons. The number of pyridine rings is 2. The molecule has 0 aliphatic carbocycles. The van der Waals surface area contributed by atoms with Gasteiger partial charge in [0, 0.05) is 38.9 Å². The summed E-state index contributed by atoms with van der Waals surface area (Å²) in [6.45, 7) is 5.76. The number of aromatic nitrogens is 3. The predicted octanol–water partition coefficient (Wildman–Crippen LogP) is -0.509. The van der Waals surface area contributed by atoms with E-state index in [9.17, 15) is 14.7 Å². The van der Waals surface area contributed by atoms with Crippen molar-refractivity contribution in [3.05, 3.63) is 51.4 Å². The Morgan fingerprint density at radius 1 is 1.29 bits per heavy atom. The van der Waals surface area contributed by atoms with Gasteiger partial charge < -0.3 is 19.7 Å². The highest BCUT2D eigenvalue weighted by molar-refractivity contribution is 5.96. The highest BCUT2D eigenvalue weighted by Gasteiger charge is 2.18. The number of nitrogens with one attached hydrogen (secondary N) is 2. The first-order chi connectivity index (χ1) is 15.0. The van der Waals surface area contributed by atoms with Crippen LogP contribution < -0.4 is 16.4 Å². The Hall–Kier alpha value is -3.08. The van der Waals surface area contributed by atoms with E-state index in [1.54, 1.807) is 12.3 Å². The van der Waals surface area contributed by atoms with E-state index in [4.69, 9.17) is 10.1 Å². The summed E-state index contributed by atoms with van der Waals surface area (Å²) in [6.07, 6.45) is 1.63. The molecule has 0 bridgehead atoms. The summed E-state index contributed by atoms with van der Waals surface area (Å²) in [5, 5.41) is 21.1. The maximum atomic E-state index is 13.1. The number of aryl methyl sites for hydroxylation is 1. The van der Waals surface area contributed by atoms with Gasteiger partial charge in [-0.25, -0.2) is 4.98 Å². The van der Waals surface area contributed by atoms with Gasteiger partial charge in [0.05, 0.1) is 30.8 Å². The number of rotatable bonds is 6. The first-order valence-corrected chi connectivity index (χ1v) is 10.3. The number of aliphatic hydroxyl groups is 1. The standard InChI is InChI=1S/C21H26N6O4/c1-14-3-2-5-27-18(14)24-19-16(21(27)30)13-15(17(22)26(19)7-10-28)20(29)23-4-6-25-8-11-31-12-9-25/h2-3,5,13,22,28H,4,6-12H2,1H3,(H,23,29). The lowest BCUT2D eigenvalue weighted by atomic mass is 10.2. The number of carbonyl (C=O) groups excluding carboxylic acids is 1. The molecule has 4 rings (SSSR count). The minimum atomic E-state index is -0.430. The summed E-state index contributed by atoms with van der Waals surface area (Å²) in [4.78, 5) is 32.8. The lowest BCUT2D eigenvalue weighted by molar-refractivity contribution is 0.0383. The third-order valence-electron chi connectivity index (χ3n) is 5.52. The van der Waals surface area contributed by atoms with Gasteiger partial charge in [0.15, 0.2) is 0 Å². The number of ether oxygens (including phenoxy) is 1. The Labute approximate surface area is 178 Å². The molecule has 1 saturated heterocycles. The van der Waals surface area contributed by atoms with Crippen LogP contribution in [0.25, 0.3) is 16.7 Å². The molecular formula is C21H26N6O4. The van der Waals surface area contributed by atoms with Gasteiger partial charge in [0.1, 0.15) is 16.8 Å². The Kier molecular flexibility index (Phi) is 6.12. The van der Waals surface area contributed by atoms with Crippen LogP contribution in [0.15, 0.2) is 29.2 Å². The smallest absolute Gasteiger partial charge is 0.267 e. The van der Waals surface area contributed by atoms with Gasteiger partial charge in [-0.2, -0.15) is 0 Å². The molecule has 4 heterocycles. The van der Waals surface area contributed by atoms with Crippen LogP contribution in [0.1, 0.15) is 15.9 Å². The minimum Gasteiger partial charge on any atom is -0.395 e. The van der Waals surface area contributed by atoms with E-state index in [0.29, 0.717) is 32.0 Å². The summed E-state index contributed by atoms with van der Waals surface area (Å²) < 4.78 is 8.18. The first-order valence-electron chi connectivity index (χ1n) is 10.3. The fourth-order valence-corrected chi connectivity index (χ4v) is 3.83. The molecule has 0 aromatic carbocycles. The zero-order chi connectivity index (χ0) is 22.0. The first kappa shape index (κ1) is 21.2. The number of hydrogen-bond acceptors (Lipinski definition) is 7. The van der Waals surface area contributed by atoms with Crippen LogP contribution in [-0.4, -0.2) is 75.9 Å². The van der Waals surface area contributed by atoms with Crippen LogP contribution in [0.3, 0.4) is 0 Å². The monoisotopic (exact) mass is 426 g/mol. The Morgan fingerprint density at radius 3 is 2.81 bits per heavy atom. The molecule has 3 aromatic heterocycles. The summed E-state index contributed by atoms with van der Waals surface area (Å²) in [6, 6.07) is 5.04. The van der Waals surface area contributed by atoms with Gasteiger partial charge in [-0.3, -0.25) is 24.3 Å². The van der Waals surface area contributed by atoms with Crippen molar-refractivity contribution in [3.63, 3.8) is 0 Å². The fraction of sp³-hybridized carbons (Fsp3) is 0.429. The highest BCUT2D eigenvalue weighted by Crippen LogP contribution is 2.12. The van der Waals surface area contributed by atoms with Crippen molar-refractivity contribution < 1.29 is 14.6 Å². The van der Waals surface area contributed by atoms with Crippen molar-refractivity contribution in [2.24, 2.45) is 0 Å². The third-order valence-corrected chi connectivity index (χ3v) is 5.52. The third kappa shape index (κ3) is 4.09. The minimum absolute atomic E-state index is 0.0543. The van der Waals surface area contributed by atoms with E-state index in [1.807, 2.05) is 13.0 Å². The topological polar surface area (TPSA) is 125 Å². The van der Waals surface area contributed by atoms with Crippen molar-refractivity contribution >= 4 is 22.6 Å². The molecule has 0 spiro atoms. The van der Waals surface area contributed by atoms with Crippen molar-refractivity contribution in [1.29, 1.82) is 5.41 Å². The van der Waals surface area contributed by atoms with E-state index in [0.717, 1.165) is 18.7 Å². The van der Waals surface area contributed by atoms with Gasteiger partial charge >= 0.3 is 0 Å². The average Bonchev–Trinajstić information content (AvgIpc) is 2.77. The lowest BCUT2D eigenvalue weighted by Gasteiger charge is -2.26. The normalized spacial score (nSPS) is 14.9. The second-order valence-corrected chi connectivity index (χ2v) is 7.53. The van der Waals surface area contributed by atoms with Crippen molar-refractivity contribution in [2.75, 3.05) is 46.0 Å². The maximum Gasteiger partial charge on any atom is 0.267 e. The second-order valence-electron chi connectivity index (χ2n) is 7.53. The summed E-state index contributed by atoms with van der Waals surface area (Å²) >= 11 is 0. The molecule has 1 aliphatic rings. The average molecular weight is 426 g/mol. The van der Waals surface area contributed by atoms with Crippen LogP contribution in [0.2, 0.25) is 0 Å². The zero-order valence-corrected chi connectivity index (χ0v) is 17.4. The van der Waals surface area contributed by atoms with Crippen LogP contribution in [0.5, 0.6) is 0 Å². The molecule has 3 N–H and O–H groups in total. The van der Waals surface area contributed by atoms with Gasteiger partial charge in [0.2, 0.25) is 0 Å². The lowest BCUT2D eigenvalue weighted by Crippen LogP contribution is -2.42. The fourth-order valence-electron chi connectivity index (χ4n) is 3.83. The summed E-state index contributed by atoms with van der Waals surface area (Å²) in [5.41, 5.74) is 1.24. The van der Waals surface area contributed by atoms with E-state index in [-0.39, 0.29) is 40.8 Å². The number of fused-ring (bicyclic) bond motifs is 2. The van der Waals surface area contributed by atoms with Crippen molar-refractivity contribution in [2.45, 2.75) is 13.5 Å². The molecule has 1 amide bonds. The molecule has 10 heteroatoms. The number of amides is 1. The number of morpholine rings is 1. The predicted molar refractivity (Wildman–Crippen MR) is 114 cm³/mol. The Bertz CT molecular complexity index is 1240. The van der Waals surface area contributed by atoms with Crippen LogP contribution in [0.4, 0.5) is 0 Å². The molecule has 0 radical (unpaired) electrons. The molecule has 10 nitrogen and oxygen atoms in total. The number of carbonyl (C=O) groups is 1. The zero-order valence-electron chi connectivity index (χ0n) is 17.4. The van der Waals surface area contributed by atoms with E-state index in [1.165, 1.54) is 15.0 Å². The summed E-state index contributed by atoms with van der Waals surface area (Å²) in [7, 11) is 0. The molecule has 1 aliphatic heterocycles. The second kappa shape index (κ2) is 8.96. The molecule has 0 unspecified atom stereocenters. The van der Waals surface area contributed by atoms with Gasteiger partial charge in [-0.05, 0) is 24.6 Å². The van der Waals surface area contributed by atoms with Gasteiger partial charge in [-0.1, -0.05) is 6.07 Å². The SMILES string of the molecule is Cc1cccn2c(=O)c3cc(C(=O)NCCN4CCOCC4)c(=N)n(CCO)c3nc12. The van der Waals surface area contributed by atoms with Crippen LogP contribution in [0, 0.1) is 12.3 Å². The van der Waals surface area contributed by atoms with Crippen LogP contribution in [-0.2, 0) is 11.3 Å². The van der Waals surface area contributed by atoms with E-state index >= 15 is 0 Å². The maximum absolute atomic E-state index is 13.1. The molecule has 0 saturated carbocycles. The Balaban J connectivity index is 1.73. The summed E-state index contributed by atoms with van der Waals surface area (Å²) in [5.74, 6) is -0.430. The van der Waals surface area contributed by atoms with Gasteiger partial charge in [0.25, 0.3) is 11.5 Å². The molecular weight excluding hydrogens is 400 g/mol. The highest BCUT2D eigenvalue weighted by atomic mass is 16.5. The quantitative estimate of drug-likeness (QED) is 0.456. The molecule has 0 atom stereocenters. The molecule has 3 aromatic rings. The van der Waals surface area contributed by atoms with Gasteiger partial charge in [-0.15, -0.1) is 0 Å². The molecule has 31 heavy (non-hydrogen) atoms. The van der Waals surface area contributed by atoms with Crippen LogP contribution >= 0.6 is 0 Å². The Morgan fingerprint density at radius 2 is 2.06 bits per heavy atom. The molecule has 1 fully saturated rings. The van der Waals surface area contributed by atoms with Crippen molar-refractivity contribution in [1.82, 2.24) is 24.2 Å². The van der Waals surface area contributed by atoms with E-state index < -0.39 is 5.91 Å². The van der Waals surface area contributed by atoms with E-state index in [2.05, 4.69) is 15.2 Å². The largest absolute Gasteiger partial charge is 0.395 e. The number of hydrogen-bond donors (Lipinski definition) is 3. The van der Waals surface area contributed by atoms with Crippen molar-refractivity contribution in [3.8, 4) is 0 Å². The number of aliphatic hydroxyl groups excluding tert-OH is 1.